The zero-order chi connectivity index (χ0) is 22.4. The smallest absolute Gasteiger partial charge is 0.321 e. The lowest BCUT2D eigenvalue weighted by Crippen LogP contribution is -2.40. The van der Waals surface area contributed by atoms with Crippen LogP contribution < -0.4 is 4.74 Å². The topological polar surface area (TPSA) is 110 Å². The van der Waals surface area contributed by atoms with E-state index in [0.717, 1.165) is 17.0 Å². The number of hydrogen-bond acceptors (Lipinski definition) is 5. The van der Waals surface area contributed by atoms with Crippen LogP contribution in [0.1, 0.15) is 30.4 Å². The molecule has 31 heavy (non-hydrogen) atoms. The van der Waals surface area contributed by atoms with Gasteiger partial charge < -0.3 is 19.4 Å². The molecule has 3 aromatic rings. The van der Waals surface area contributed by atoms with Crippen molar-refractivity contribution < 1.29 is 29.0 Å². The Hall–Kier alpha value is -3.61. The van der Waals surface area contributed by atoms with Crippen LogP contribution in [-0.2, 0) is 22.4 Å². The fourth-order valence-corrected chi connectivity index (χ4v) is 3.35. The number of aromatic nitrogens is 1. The van der Waals surface area contributed by atoms with E-state index >= 15 is 0 Å². The molecular formula is C24H25NO6. The molecule has 1 heterocycles. The van der Waals surface area contributed by atoms with Crippen molar-refractivity contribution in [2.45, 2.75) is 33.1 Å². The van der Waals surface area contributed by atoms with E-state index in [0.29, 0.717) is 30.2 Å². The van der Waals surface area contributed by atoms with Crippen LogP contribution in [-0.4, -0.2) is 33.7 Å². The number of rotatable bonds is 10. The maximum atomic E-state index is 11.5. The van der Waals surface area contributed by atoms with Crippen LogP contribution >= 0.6 is 0 Å². The summed E-state index contributed by atoms with van der Waals surface area (Å²) in [5.41, 5.74) is 0.535. The number of oxazole rings is 1. The number of ether oxygens (including phenoxy) is 1. The van der Waals surface area contributed by atoms with Crippen LogP contribution in [0.25, 0.3) is 11.5 Å². The van der Waals surface area contributed by atoms with Crippen molar-refractivity contribution in [3.63, 3.8) is 0 Å². The Labute approximate surface area is 180 Å². The molecule has 0 saturated carbocycles. The summed E-state index contributed by atoms with van der Waals surface area (Å²) in [6.45, 7) is 3.83. The van der Waals surface area contributed by atoms with E-state index < -0.39 is 17.4 Å². The number of benzene rings is 2. The van der Waals surface area contributed by atoms with Gasteiger partial charge in [0.05, 0.1) is 12.3 Å². The molecule has 0 aliphatic heterocycles. The van der Waals surface area contributed by atoms with Gasteiger partial charge in [0.2, 0.25) is 5.89 Å². The molecular weight excluding hydrogens is 398 g/mol. The molecule has 0 fully saturated rings. The Morgan fingerprint density at radius 2 is 1.68 bits per heavy atom. The van der Waals surface area contributed by atoms with Gasteiger partial charge >= 0.3 is 11.9 Å². The van der Waals surface area contributed by atoms with Crippen LogP contribution in [0, 0.1) is 12.3 Å². The molecule has 0 radical (unpaired) electrons. The normalized spacial score (nSPS) is 11.3. The molecule has 1 aromatic heterocycles. The Morgan fingerprint density at radius 3 is 2.26 bits per heavy atom. The Bertz CT molecular complexity index is 1030. The summed E-state index contributed by atoms with van der Waals surface area (Å²) < 4.78 is 11.5. The largest absolute Gasteiger partial charge is 0.493 e. The SMILES string of the molecule is CCC(Cc1ccc(OCCc2nc(-c3ccccc3)oc2C)cc1)(C(=O)O)C(=O)O. The maximum absolute atomic E-state index is 11.5. The Balaban J connectivity index is 1.60. The third-order valence-electron chi connectivity index (χ3n) is 5.37. The number of carboxylic acids is 2. The number of aryl methyl sites for hydroxylation is 1. The van der Waals surface area contributed by atoms with E-state index in [-0.39, 0.29) is 12.8 Å². The predicted molar refractivity (Wildman–Crippen MR) is 114 cm³/mol. The summed E-state index contributed by atoms with van der Waals surface area (Å²) in [5.74, 6) is -0.730. The minimum Gasteiger partial charge on any atom is -0.493 e. The van der Waals surface area contributed by atoms with Gasteiger partial charge in [-0.3, -0.25) is 9.59 Å². The van der Waals surface area contributed by atoms with Crippen molar-refractivity contribution >= 4 is 11.9 Å². The van der Waals surface area contributed by atoms with Crippen LogP contribution in [0.15, 0.2) is 59.0 Å². The van der Waals surface area contributed by atoms with Gasteiger partial charge in [0.15, 0.2) is 5.41 Å². The number of hydrogen-bond donors (Lipinski definition) is 2. The lowest BCUT2D eigenvalue weighted by atomic mass is 9.79. The minimum atomic E-state index is -1.83. The third kappa shape index (κ3) is 4.94. The predicted octanol–water partition coefficient (Wildman–Crippen LogP) is 4.38. The first-order valence-corrected chi connectivity index (χ1v) is 10.1. The molecule has 0 aliphatic carbocycles. The summed E-state index contributed by atoms with van der Waals surface area (Å²) in [7, 11) is 0. The monoisotopic (exact) mass is 423 g/mol. The van der Waals surface area contributed by atoms with E-state index in [1.807, 2.05) is 37.3 Å². The highest BCUT2D eigenvalue weighted by Crippen LogP contribution is 2.29. The summed E-state index contributed by atoms with van der Waals surface area (Å²) in [6, 6.07) is 16.5. The fraction of sp³-hybridized carbons (Fsp3) is 0.292. The molecule has 162 valence electrons. The molecule has 7 nitrogen and oxygen atoms in total. The molecule has 2 aromatic carbocycles. The first kappa shape index (κ1) is 22.1. The lowest BCUT2D eigenvalue weighted by molar-refractivity contribution is -0.164. The van der Waals surface area contributed by atoms with Gasteiger partial charge in [0.25, 0.3) is 0 Å². The van der Waals surface area contributed by atoms with E-state index in [1.54, 1.807) is 31.2 Å². The molecule has 2 N–H and O–H groups in total. The molecule has 0 amide bonds. The van der Waals surface area contributed by atoms with Crippen LogP contribution in [0.4, 0.5) is 0 Å². The van der Waals surface area contributed by atoms with Gasteiger partial charge in [-0.25, -0.2) is 4.98 Å². The molecule has 0 atom stereocenters. The second-order valence-corrected chi connectivity index (χ2v) is 7.35. The average Bonchev–Trinajstić information content (AvgIpc) is 3.14. The fourth-order valence-electron chi connectivity index (χ4n) is 3.35. The second-order valence-electron chi connectivity index (χ2n) is 7.35. The number of aliphatic carboxylic acids is 2. The highest BCUT2D eigenvalue weighted by Gasteiger charge is 2.44. The van der Waals surface area contributed by atoms with Crippen molar-refractivity contribution in [3.05, 3.63) is 71.6 Å². The average molecular weight is 423 g/mol. The van der Waals surface area contributed by atoms with E-state index in [2.05, 4.69) is 4.98 Å². The number of nitrogens with zero attached hydrogens (tertiary/aromatic N) is 1. The van der Waals surface area contributed by atoms with Gasteiger partial charge in [-0.15, -0.1) is 0 Å². The van der Waals surface area contributed by atoms with Crippen molar-refractivity contribution in [2.24, 2.45) is 5.41 Å². The molecule has 0 saturated heterocycles. The summed E-state index contributed by atoms with van der Waals surface area (Å²) >= 11 is 0. The zero-order valence-corrected chi connectivity index (χ0v) is 17.5. The van der Waals surface area contributed by atoms with Gasteiger partial charge in [-0.2, -0.15) is 0 Å². The van der Waals surface area contributed by atoms with Gasteiger partial charge in [0.1, 0.15) is 11.5 Å². The van der Waals surface area contributed by atoms with E-state index in [4.69, 9.17) is 9.15 Å². The van der Waals surface area contributed by atoms with Crippen molar-refractivity contribution in [3.8, 4) is 17.2 Å². The van der Waals surface area contributed by atoms with Gasteiger partial charge in [-0.05, 0) is 49.6 Å². The van der Waals surface area contributed by atoms with Crippen LogP contribution in [0.2, 0.25) is 0 Å². The highest BCUT2D eigenvalue weighted by atomic mass is 16.5. The lowest BCUT2D eigenvalue weighted by Gasteiger charge is -2.23. The van der Waals surface area contributed by atoms with Gasteiger partial charge in [-0.1, -0.05) is 37.3 Å². The van der Waals surface area contributed by atoms with Crippen LogP contribution in [0.3, 0.4) is 0 Å². The first-order chi connectivity index (χ1) is 14.9. The van der Waals surface area contributed by atoms with Crippen molar-refractivity contribution in [1.29, 1.82) is 0 Å². The minimum absolute atomic E-state index is 0.00204. The number of carboxylic acid groups (broad SMARTS) is 2. The van der Waals surface area contributed by atoms with E-state index in [9.17, 15) is 19.8 Å². The van der Waals surface area contributed by atoms with E-state index in [1.165, 1.54) is 0 Å². The Kier molecular flexibility index (Phi) is 6.74. The quantitative estimate of drug-likeness (QED) is 0.466. The molecule has 0 unspecified atom stereocenters. The molecule has 0 aliphatic rings. The molecule has 7 heteroatoms. The zero-order valence-electron chi connectivity index (χ0n) is 17.5. The highest BCUT2D eigenvalue weighted by molar-refractivity contribution is 5.98. The Morgan fingerprint density at radius 1 is 1.03 bits per heavy atom. The molecule has 0 spiro atoms. The molecule has 0 bridgehead atoms. The third-order valence-corrected chi connectivity index (χ3v) is 5.37. The van der Waals surface area contributed by atoms with Crippen molar-refractivity contribution in [2.75, 3.05) is 6.61 Å². The standard InChI is InChI=1S/C24H25NO6/c1-3-24(22(26)27,23(28)29)15-17-9-11-19(12-10-17)30-14-13-20-16(2)31-21(25-20)18-7-5-4-6-8-18/h4-12H,3,13-15H2,1-2H3,(H,26,27)(H,28,29). The first-order valence-electron chi connectivity index (χ1n) is 10.1. The van der Waals surface area contributed by atoms with Crippen molar-refractivity contribution in [1.82, 2.24) is 4.98 Å². The molecule has 3 rings (SSSR count). The summed E-state index contributed by atoms with van der Waals surface area (Å²) in [5, 5.41) is 18.8. The maximum Gasteiger partial charge on any atom is 0.321 e. The summed E-state index contributed by atoms with van der Waals surface area (Å²) in [6.07, 6.45) is 0.480. The second kappa shape index (κ2) is 9.47. The van der Waals surface area contributed by atoms with Crippen LogP contribution in [0.5, 0.6) is 5.75 Å². The van der Waals surface area contributed by atoms with Gasteiger partial charge in [0, 0.05) is 12.0 Å². The number of carbonyl (C=O) groups is 2. The summed E-state index contributed by atoms with van der Waals surface area (Å²) in [4.78, 5) is 27.6.